The molecule has 2 aromatic heterocycles. The summed E-state index contributed by atoms with van der Waals surface area (Å²) in [6, 6.07) is 14.7. The molecule has 4 aromatic rings. The number of benzene rings is 2. The van der Waals surface area contributed by atoms with Crippen LogP contribution in [0.5, 0.6) is 0 Å². The van der Waals surface area contributed by atoms with Gasteiger partial charge >= 0.3 is 0 Å². The maximum atomic E-state index is 13.2. The second kappa shape index (κ2) is 10.0. The number of carbonyl (C=O) groups excluding carboxylic acids is 1. The van der Waals surface area contributed by atoms with E-state index in [2.05, 4.69) is 15.0 Å². The molecule has 1 N–H and O–H groups in total. The summed E-state index contributed by atoms with van der Waals surface area (Å²) in [5.74, 6) is 0.476. The summed E-state index contributed by atoms with van der Waals surface area (Å²) < 4.78 is 3.75. The number of aromatic nitrogens is 3. The van der Waals surface area contributed by atoms with Gasteiger partial charge in [-0.3, -0.25) is 4.79 Å². The van der Waals surface area contributed by atoms with E-state index in [1.807, 2.05) is 39.0 Å². The van der Waals surface area contributed by atoms with Gasteiger partial charge in [0.15, 0.2) is 5.69 Å². The van der Waals surface area contributed by atoms with Crippen molar-refractivity contribution in [2.24, 2.45) is 0 Å². The minimum absolute atomic E-state index is 0.273. The van der Waals surface area contributed by atoms with Gasteiger partial charge in [-0.1, -0.05) is 52.5 Å². The largest absolute Gasteiger partial charge is 0.350 e. The van der Waals surface area contributed by atoms with E-state index in [-0.39, 0.29) is 5.91 Å². The molecule has 2 heterocycles. The highest BCUT2D eigenvalue weighted by molar-refractivity contribution is 6.42. The number of amides is 1. The predicted octanol–water partition coefficient (Wildman–Crippen LogP) is 7.17. The maximum Gasteiger partial charge on any atom is 0.272 e. The zero-order chi connectivity index (χ0) is 24.6. The van der Waals surface area contributed by atoms with Gasteiger partial charge in [-0.05, 0) is 75.2 Å². The molecule has 0 unspecified atom stereocenters. The van der Waals surface area contributed by atoms with Crippen molar-refractivity contribution in [3.8, 4) is 11.5 Å². The normalized spacial score (nSPS) is 11.1. The Balaban J connectivity index is 1.69. The van der Waals surface area contributed by atoms with Crippen molar-refractivity contribution >= 4 is 52.3 Å². The van der Waals surface area contributed by atoms with Crippen molar-refractivity contribution < 1.29 is 4.79 Å². The van der Waals surface area contributed by atoms with Crippen LogP contribution >= 0.6 is 46.4 Å². The van der Waals surface area contributed by atoms with Crippen LogP contribution in [-0.2, 0) is 6.42 Å². The van der Waals surface area contributed by atoms with Crippen LogP contribution in [0.3, 0.4) is 0 Å². The topological polar surface area (TPSA) is 51.9 Å². The molecule has 0 aliphatic carbocycles. The van der Waals surface area contributed by atoms with Gasteiger partial charge in [0.1, 0.15) is 5.82 Å². The fourth-order valence-corrected chi connectivity index (χ4v) is 4.70. The standard InChI is InChI=1S/C25H22Cl4N4O/c1-14-4-5-15(2)32(14)25-16(3)23(31-33(25)22-9-7-18(26)13-21(22)29)24(34)30-11-10-17-6-8-19(27)20(28)12-17/h4-9,12-13H,10-11H2,1-3H3,(H,30,34). The van der Waals surface area contributed by atoms with E-state index in [4.69, 9.17) is 46.4 Å². The lowest BCUT2D eigenvalue weighted by atomic mass is 10.1. The van der Waals surface area contributed by atoms with E-state index < -0.39 is 0 Å². The molecule has 1 amide bonds. The Morgan fingerprint density at radius 1 is 0.882 bits per heavy atom. The van der Waals surface area contributed by atoms with Gasteiger partial charge in [0.05, 0.1) is 20.8 Å². The van der Waals surface area contributed by atoms with E-state index in [1.165, 1.54) is 0 Å². The van der Waals surface area contributed by atoms with Crippen molar-refractivity contribution in [1.29, 1.82) is 0 Å². The van der Waals surface area contributed by atoms with Crippen LogP contribution in [0.2, 0.25) is 20.1 Å². The molecule has 0 radical (unpaired) electrons. The average Bonchev–Trinajstić information content (AvgIpc) is 3.28. The predicted molar refractivity (Wildman–Crippen MR) is 140 cm³/mol. The number of nitrogens with zero attached hydrogens (tertiary/aromatic N) is 3. The highest BCUT2D eigenvalue weighted by Crippen LogP contribution is 2.30. The number of nitrogens with one attached hydrogen (secondary N) is 1. The lowest BCUT2D eigenvalue weighted by Crippen LogP contribution is -2.26. The second-order valence-electron chi connectivity index (χ2n) is 8.01. The van der Waals surface area contributed by atoms with Gasteiger partial charge in [-0.25, -0.2) is 4.68 Å². The van der Waals surface area contributed by atoms with Gasteiger partial charge in [-0.2, -0.15) is 5.10 Å². The van der Waals surface area contributed by atoms with Crippen molar-refractivity contribution in [2.45, 2.75) is 27.2 Å². The fraction of sp³-hybridized carbons (Fsp3) is 0.200. The summed E-state index contributed by atoms with van der Waals surface area (Å²) >= 11 is 24.7. The molecule has 176 valence electrons. The highest BCUT2D eigenvalue weighted by atomic mass is 35.5. The third kappa shape index (κ3) is 4.84. The van der Waals surface area contributed by atoms with Crippen molar-refractivity contribution in [3.05, 3.63) is 96.8 Å². The van der Waals surface area contributed by atoms with E-state index in [9.17, 15) is 4.79 Å². The van der Waals surface area contributed by atoms with Crippen LogP contribution in [0.15, 0.2) is 48.5 Å². The van der Waals surface area contributed by atoms with Crippen LogP contribution in [0.25, 0.3) is 11.5 Å². The van der Waals surface area contributed by atoms with E-state index in [0.29, 0.717) is 44.4 Å². The first-order chi connectivity index (χ1) is 16.2. The Kier molecular flexibility index (Phi) is 7.29. The van der Waals surface area contributed by atoms with Gasteiger partial charge < -0.3 is 9.88 Å². The lowest BCUT2D eigenvalue weighted by molar-refractivity contribution is 0.0948. The number of carbonyl (C=O) groups is 1. The number of hydrogen-bond acceptors (Lipinski definition) is 2. The van der Waals surface area contributed by atoms with Crippen LogP contribution < -0.4 is 5.32 Å². The summed E-state index contributed by atoms with van der Waals surface area (Å²) in [6.45, 7) is 6.31. The SMILES string of the molecule is Cc1c(C(=O)NCCc2ccc(Cl)c(Cl)c2)nn(-c2ccc(Cl)cc2Cl)c1-n1c(C)ccc1C. The Labute approximate surface area is 218 Å². The van der Waals surface area contributed by atoms with Crippen LogP contribution in [0.4, 0.5) is 0 Å². The second-order valence-corrected chi connectivity index (χ2v) is 9.67. The molecule has 5 nitrogen and oxygen atoms in total. The zero-order valence-corrected chi connectivity index (χ0v) is 21.8. The lowest BCUT2D eigenvalue weighted by Gasteiger charge is -2.14. The Bertz CT molecular complexity index is 1370. The van der Waals surface area contributed by atoms with E-state index in [1.54, 1.807) is 35.0 Å². The van der Waals surface area contributed by atoms with Crippen molar-refractivity contribution in [2.75, 3.05) is 6.54 Å². The Hall–Kier alpha value is -2.44. The quantitative estimate of drug-likeness (QED) is 0.284. The van der Waals surface area contributed by atoms with Gasteiger partial charge in [0.2, 0.25) is 0 Å². The van der Waals surface area contributed by atoms with Crippen LogP contribution in [0, 0.1) is 20.8 Å². The summed E-state index contributed by atoms with van der Waals surface area (Å²) in [4.78, 5) is 13.2. The summed E-state index contributed by atoms with van der Waals surface area (Å²) in [6.07, 6.45) is 0.605. The van der Waals surface area contributed by atoms with Crippen molar-refractivity contribution in [1.82, 2.24) is 19.7 Å². The molecule has 0 saturated heterocycles. The molecular weight excluding hydrogens is 514 g/mol. The van der Waals surface area contributed by atoms with Crippen LogP contribution in [-0.4, -0.2) is 26.8 Å². The first-order valence-electron chi connectivity index (χ1n) is 10.6. The Morgan fingerprint density at radius 2 is 1.59 bits per heavy atom. The minimum Gasteiger partial charge on any atom is -0.350 e. The molecule has 0 spiro atoms. The average molecular weight is 536 g/mol. The molecule has 4 rings (SSSR count). The molecule has 0 saturated carbocycles. The highest BCUT2D eigenvalue weighted by Gasteiger charge is 2.24. The van der Waals surface area contributed by atoms with E-state index in [0.717, 1.165) is 28.3 Å². The van der Waals surface area contributed by atoms with Gasteiger partial charge in [0.25, 0.3) is 5.91 Å². The molecule has 2 aromatic carbocycles. The number of halogens is 4. The third-order valence-corrected chi connectivity index (χ3v) is 6.89. The zero-order valence-electron chi connectivity index (χ0n) is 18.8. The third-order valence-electron chi connectivity index (χ3n) is 5.61. The molecule has 0 aliphatic rings. The summed E-state index contributed by atoms with van der Waals surface area (Å²) in [7, 11) is 0. The van der Waals surface area contributed by atoms with Crippen molar-refractivity contribution in [3.63, 3.8) is 0 Å². The number of aryl methyl sites for hydroxylation is 2. The number of rotatable bonds is 6. The minimum atomic E-state index is -0.273. The van der Waals surface area contributed by atoms with Gasteiger partial charge in [0, 0.05) is 28.5 Å². The van der Waals surface area contributed by atoms with E-state index >= 15 is 0 Å². The summed E-state index contributed by atoms with van der Waals surface area (Å²) in [5.41, 5.74) is 4.69. The monoisotopic (exact) mass is 534 g/mol. The number of hydrogen-bond donors (Lipinski definition) is 1. The first kappa shape index (κ1) is 24.7. The first-order valence-corrected chi connectivity index (χ1v) is 12.1. The van der Waals surface area contributed by atoms with Crippen LogP contribution in [0.1, 0.15) is 33.0 Å². The van der Waals surface area contributed by atoms with Gasteiger partial charge in [-0.15, -0.1) is 0 Å². The molecule has 0 fully saturated rings. The summed E-state index contributed by atoms with van der Waals surface area (Å²) in [5, 5.41) is 9.58. The maximum absolute atomic E-state index is 13.2. The molecular formula is C25H22Cl4N4O. The Morgan fingerprint density at radius 3 is 2.24 bits per heavy atom. The smallest absolute Gasteiger partial charge is 0.272 e. The fourth-order valence-electron chi connectivity index (χ4n) is 3.89. The molecule has 9 heteroatoms. The molecule has 0 atom stereocenters. The molecule has 0 bridgehead atoms. The molecule has 34 heavy (non-hydrogen) atoms. The molecule has 0 aliphatic heterocycles.